The largest absolute Gasteiger partial charge is 0.466 e. The van der Waals surface area contributed by atoms with Crippen LogP contribution in [0.4, 0.5) is 0 Å². The molecule has 0 aliphatic heterocycles. The Kier molecular flexibility index (Phi) is 58.0. The van der Waals surface area contributed by atoms with Crippen LogP contribution in [0.25, 0.3) is 0 Å². The van der Waals surface area contributed by atoms with E-state index in [0.717, 1.165) is 57.8 Å². The minimum atomic E-state index is -0.851. The number of carbonyl (C=O) groups excluding carboxylic acids is 2. The Balaban J connectivity index is 3.46. The summed E-state index contributed by atoms with van der Waals surface area (Å²) in [6.45, 7) is 4.86. The zero-order valence-electron chi connectivity index (χ0n) is 47.0. The Morgan fingerprint density at radius 3 is 1.13 bits per heavy atom. The van der Waals surface area contributed by atoms with E-state index < -0.39 is 12.1 Å². The second kappa shape index (κ2) is 59.6. The number of esters is 1. The first-order chi connectivity index (χ1) is 34.5. The molecule has 0 fully saturated rings. The SMILES string of the molecule is CCCC/C=C\C/C=C\CCCCCCCC(=O)OCCCCCCCCCCCCCCCCCCC(=O)NC(CO)C(O)/C=C/CCCCCCCCCCCCCCCCCCCCCCC. The van der Waals surface area contributed by atoms with Crippen LogP contribution in [-0.4, -0.2) is 47.4 Å². The third-order valence-electron chi connectivity index (χ3n) is 14.4. The van der Waals surface area contributed by atoms with Crippen molar-refractivity contribution in [2.75, 3.05) is 13.2 Å². The fourth-order valence-electron chi connectivity index (χ4n) is 9.59. The summed E-state index contributed by atoms with van der Waals surface area (Å²) in [5.41, 5.74) is 0. The molecular formula is C64H121NO5. The van der Waals surface area contributed by atoms with Crippen molar-refractivity contribution >= 4 is 11.9 Å². The van der Waals surface area contributed by atoms with Crippen molar-refractivity contribution in [2.45, 2.75) is 347 Å². The van der Waals surface area contributed by atoms with Gasteiger partial charge in [0.25, 0.3) is 0 Å². The fraction of sp³-hybridized carbons (Fsp3) is 0.875. The number of amides is 1. The molecule has 70 heavy (non-hydrogen) atoms. The van der Waals surface area contributed by atoms with Gasteiger partial charge in [0, 0.05) is 12.8 Å². The molecule has 3 N–H and O–H groups in total. The highest BCUT2D eigenvalue weighted by atomic mass is 16.5. The summed E-state index contributed by atoms with van der Waals surface area (Å²) in [5, 5.41) is 23.2. The molecule has 0 radical (unpaired) electrons. The third kappa shape index (κ3) is 55.4. The van der Waals surface area contributed by atoms with Crippen molar-refractivity contribution in [1.82, 2.24) is 5.32 Å². The van der Waals surface area contributed by atoms with E-state index in [1.54, 1.807) is 6.08 Å². The molecule has 0 aromatic heterocycles. The topological polar surface area (TPSA) is 95.9 Å². The van der Waals surface area contributed by atoms with E-state index in [1.165, 1.54) is 250 Å². The number of unbranched alkanes of at least 4 members (excludes halogenated alkanes) is 43. The highest BCUT2D eigenvalue weighted by molar-refractivity contribution is 5.76. The van der Waals surface area contributed by atoms with Gasteiger partial charge in [0.2, 0.25) is 5.91 Å². The molecule has 412 valence electrons. The minimum absolute atomic E-state index is 0.0121. The molecule has 0 aromatic carbocycles. The van der Waals surface area contributed by atoms with Gasteiger partial charge in [0.1, 0.15) is 0 Å². The van der Waals surface area contributed by atoms with Crippen LogP contribution in [-0.2, 0) is 14.3 Å². The lowest BCUT2D eigenvalue weighted by Crippen LogP contribution is -2.45. The molecule has 0 aliphatic carbocycles. The number of nitrogens with one attached hydrogen (secondary N) is 1. The lowest BCUT2D eigenvalue weighted by atomic mass is 10.0. The Labute approximate surface area is 436 Å². The third-order valence-corrected chi connectivity index (χ3v) is 14.4. The Hall–Kier alpha value is -1.92. The van der Waals surface area contributed by atoms with E-state index in [4.69, 9.17) is 4.74 Å². The quantitative estimate of drug-likeness (QED) is 0.0321. The number of aliphatic hydroxyl groups excluding tert-OH is 2. The summed E-state index contributed by atoms with van der Waals surface area (Å²) in [5.74, 6) is -0.0845. The monoisotopic (exact) mass is 984 g/mol. The van der Waals surface area contributed by atoms with Gasteiger partial charge in [-0.05, 0) is 57.8 Å². The summed E-state index contributed by atoms with van der Waals surface area (Å²) in [4.78, 5) is 24.5. The molecule has 0 rings (SSSR count). The number of allylic oxidation sites excluding steroid dienone is 5. The van der Waals surface area contributed by atoms with Crippen LogP contribution in [0, 0.1) is 0 Å². The molecule has 0 saturated heterocycles. The van der Waals surface area contributed by atoms with Crippen molar-refractivity contribution in [3.05, 3.63) is 36.5 Å². The average Bonchev–Trinajstić information content (AvgIpc) is 3.36. The van der Waals surface area contributed by atoms with Crippen LogP contribution in [0.3, 0.4) is 0 Å². The van der Waals surface area contributed by atoms with Gasteiger partial charge >= 0.3 is 5.97 Å². The lowest BCUT2D eigenvalue weighted by Gasteiger charge is -2.20. The van der Waals surface area contributed by atoms with Gasteiger partial charge < -0.3 is 20.3 Å². The molecule has 2 atom stereocenters. The van der Waals surface area contributed by atoms with Crippen molar-refractivity contribution in [2.24, 2.45) is 0 Å². The molecule has 2 unspecified atom stereocenters. The lowest BCUT2D eigenvalue weighted by molar-refractivity contribution is -0.143. The summed E-state index contributed by atoms with van der Waals surface area (Å²) >= 11 is 0. The molecule has 1 amide bonds. The van der Waals surface area contributed by atoms with E-state index in [0.29, 0.717) is 19.4 Å². The number of carbonyl (C=O) groups is 2. The summed E-state index contributed by atoms with van der Waals surface area (Å²) in [6.07, 6.45) is 74.6. The van der Waals surface area contributed by atoms with E-state index in [-0.39, 0.29) is 18.5 Å². The number of hydrogen-bond donors (Lipinski definition) is 3. The molecule has 0 spiro atoms. The second-order valence-corrected chi connectivity index (χ2v) is 21.4. The van der Waals surface area contributed by atoms with E-state index in [1.807, 2.05) is 6.08 Å². The average molecular weight is 985 g/mol. The first-order valence-corrected chi connectivity index (χ1v) is 31.3. The van der Waals surface area contributed by atoms with Crippen molar-refractivity contribution in [3.8, 4) is 0 Å². The molecule has 6 heteroatoms. The Morgan fingerprint density at radius 1 is 0.400 bits per heavy atom. The second-order valence-electron chi connectivity index (χ2n) is 21.4. The maximum atomic E-state index is 12.5. The normalized spacial score (nSPS) is 12.8. The van der Waals surface area contributed by atoms with Crippen LogP contribution in [0.2, 0.25) is 0 Å². The highest BCUT2D eigenvalue weighted by Gasteiger charge is 2.18. The molecule has 0 aromatic rings. The molecule has 0 aliphatic rings. The van der Waals surface area contributed by atoms with Crippen LogP contribution in [0.5, 0.6) is 0 Å². The molecule has 0 heterocycles. The maximum absolute atomic E-state index is 12.5. The van der Waals surface area contributed by atoms with Gasteiger partial charge in [0.05, 0.1) is 25.4 Å². The van der Waals surface area contributed by atoms with Crippen LogP contribution in [0.15, 0.2) is 36.5 Å². The molecule has 0 saturated carbocycles. The maximum Gasteiger partial charge on any atom is 0.305 e. The van der Waals surface area contributed by atoms with Crippen LogP contribution in [0.1, 0.15) is 335 Å². The summed E-state index contributed by atoms with van der Waals surface area (Å²) in [7, 11) is 0. The van der Waals surface area contributed by atoms with Gasteiger partial charge in [-0.2, -0.15) is 0 Å². The zero-order valence-corrected chi connectivity index (χ0v) is 47.0. The summed E-state index contributed by atoms with van der Waals surface area (Å²) < 4.78 is 5.47. The first-order valence-electron chi connectivity index (χ1n) is 31.3. The van der Waals surface area contributed by atoms with E-state index in [2.05, 4.69) is 43.5 Å². The van der Waals surface area contributed by atoms with Gasteiger partial charge in [-0.25, -0.2) is 0 Å². The van der Waals surface area contributed by atoms with E-state index in [9.17, 15) is 19.8 Å². The predicted octanol–water partition coefficient (Wildman–Crippen LogP) is 19.6. The van der Waals surface area contributed by atoms with Crippen LogP contribution >= 0.6 is 0 Å². The fourth-order valence-corrected chi connectivity index (χ4v) is 9.59. The molecular weight excluding hydrogens is 863 g/mol. The zero-order chi connectivity index (χ0) is 50.7. The van der Waals surface area contributed by atoms with Gasteiger partial charge in [-0.15, -0.1) is 0 Å². The van der Waals surface area contributed by atoms with Crippen molar-refractivity contribution in [3.63, 3.8) is 0 Å². The molecule has 6 nitrogen and oxygen atoms in total. The van der Waals surface area contributed by atoms with Crippen LogP contribution < -0.4 is 5.32 Å². The predicted molar refractivity (Wildman–Crippen MR) is 306 cm³/mol. The number of ether oxygens (including phenoxy) is 1. The van der Waals surface area contributed by atoms with Gasteiger partial charge in [-0.3, -0.25) is 9.59 Å². The number of hydrogen-bond acceptors (Lipinski definition) is 5. The summed E-state index contributed by atoms with van der Waals surface area (Å²) in [6, 6.07) is -0.635. The van der Waals surface area contributed by atoms with Crippen molar-refractivity contribution in [1.29, 1.82) is 0 Å². The standard InChI is InChI=1S/C64H121NO5/c1-3-5-7-9-11-13-15-17-19-20-21-22-23-24-25-26-29-32-36-40-44-48-52-56-62(67)61(60-66)65-63(68)57-53-49-45-41-37-33-30-27-28-31-35-39-43-47-51-55-59-70-64(69)58-54-50-46-42-38-34-18-16-14-12-10-8-6-4-2/h10,12,16,18,52,56,61-62,66-67H,3-9,11,13-15,17,19-51,53-55,57-60H2,1-2H3,(H,65,68)/b12-10-,18-16-,56-52+. The Bertz CT molecular complexity index is 1130. The minimum Gasteiger partial charge on any atom is -0.466 e. The van der Waals surface area contributed by atoms with Gasteiger partial charge in [0.15, 0.2) is 0 Å². The highest BCUT2D eigenvalue weighted by Crippen LogP contribution is 2.18. The van der Waals surface area contributed by atoms with Crippen molar-refractivity contribution < 1.29 is 24.5 Å². The number of rotatable bonds is 58. The molecule has 0 bridgehead atoms. The van der Waals surface area contributed by atoms with Gasteiger partial charge in [-0.1, -0.05) is 301 Å². The smallest absolute Gasteiger partial charge is 0.305 e. The number of aliphatic hydroxyl groups is 2. The first kappa shape index (κ1) is 68.1. The Morgan fingerprint density at radius 2 is 0.729 bits per heavy atom. The van der Waals surface area contributed by atoms with E-state index >= 15 is 0 Å².